The molecule has 0 fully saturated rings. The minimum atomic E-state index is -1.51. The highest BCUT2D eigenvalue weighted by Gasteiger charge is 2.36. The van der Waals surface area contributed by atoms with Crippen LogP contribution in [0.3, 0.4) is 0 Å². The van der Waals surface area contributed by atoms with E-state index in [0.717, 1.165) is 23.1 Å². The molecule has 0 saturated carbocycles. The van der Waals surface area contributed by atoms with E-state index in [1.807, 2.05) is 0 Å². The van der Waals surface area contributed by atoms with Gasteiger partial charge in [-0.15, -0.1) is 23.1 Å². The Balaban J connectivity index is 2.28. The molecule has 0 spiro atoms. The maximum atomic E-state index is 12.5. The quantitative estimate of drug-likeness (QED) is 0.348. The number of carbonyl (C=O) groups is 3. The Morgan fingerprint density at radius 3 is 2.70 bits per heavy atom. The summed E-state index contributed by atoms with van der Waals surface area (Å²) in [6.45, 7) is 3.59. The third-order valence-electron chi connectivity index (χ3n) is 3.22. The lowest BCUT2D eigenvalue weighted by atomic mass is 10.2. The number of nitrogen functional groups attached to an aromatic ring is 1. The van der Waals surface area contributed by atoms with Crippen LogP contribution in [-0.4, -0.2) is 68.7 Å². The molecule has 1 aliphatic rings. The monoisotopic (exact) mass is 413 g/mol. The largest absolute Gasteiger partial charge is 0.480 e. The number of aliphatic carboxylic acids is 2. The van der Waals surface area contributed by atoms with Crippen molar-refractivity contribution < 1.29 is 29.4 Å². The summed E-state index contributed by atoms with van der Waals surface area (Å²) >= 11 is 2.11. The van der Waals surface area contributed by atoms with Gasteiger partial charge in [-0.1, -0.05) is 11.7 Å². The topological polar surface area (TPSA) is 177 Å². The van der Waals surface area contributed by atoms with Crippen LogP contribution >= 0.6 is 23.1 Å². The van der Waals surface area contributed by atoms with Crippen molar-refractivity contribution in [3.63, 3.8) is 0 Å². The number of oxime groups is 1. The molecule has 0 bridgehead atoms. The third kappa shape index (κ3) is 4.83. The lowest BCUT2D eigenvalue weighted by Gasteiger charge is -2.25. The van der Waals surface area contributed by atoms with Crippen molar-refractivity contribution in [2.24, 2.45) is 10.1 Å². The van der Waals surface area contributed by atoms with Crippen LogP contribution in [0.1, 0.15) is 5.69 Å². The zero-order chi connectivity index (χ0) is 20.1. The van der Waals surface area contributed by atoms with E-state index in [9.17, 15) is 19.5 Å². The van der Waals surface area contributed by atoms with Crippen LogP contribution in [0, 0.1) is 0 Å². The van der Waals surface area contributed by atoms with Crippen molar-refractivity contribution in [1.82, 2.24) is 10.3 Å². The molecule has 13 heteroatoms. The smallest absolute Gasteiger partial charge is 0.354 e. The van der Waals surface area contributed by atoms with Crippen molar-refractivity contribution in [2.75, 3.05) is 18.6 Å². The number of nitrogens with two attached hydrogens (primary N) is 1. The fourth-order valence-corrected chi connectivity index (χ4v) is 3.66. The number of thioether (sulfide) groups is 1. The number of hydrogen-bond donors (Lipinski definition) is 4. The number of nitrogens with zero attached hydrogens (tertiary/aromatic N) is 3. The Hall–Kier alpha value is -2.93. The number of hydrogen-bond acceptors (Lipinski definition) is 10. The number of thiazole rings is 1. The van der Waals surface area contributed by atoms with Gasteiger partial charge < -0.3 is 26.1 Å². The minimum absolute atomic E-state index is 0.111. The first-order chi connectivity index (χ1) is 12.7. The molecule has 1 amide bonds. The molecule has 0 aliphatic carbocycles. The Labute approximate surface area is 161 Å². The summed E-state index contributed by atoms with van der Waals surface area (Å²) in [6.07, 6.45) is 0. The predicted octanol–water partition coefficient (Wildman–Crippen LogP) is -0.200. The van der Waals surface area contributed by atoms with E-state index < -0.39 is 29.3 Å². The third-order valence-corrected chi connectivity index (χ3v) is 5.13. The molecule has 2 rings (SSSR count). The van der Waals surface area contributed by atoms with E-state index in [0.29, 0.717) is 0 Å². The van der Waals surface area contributed by atoms with Crippen molar-refractivity contribution in [3.05, 3.63) is 23.2 Å². The molecule has 0 radical (unpaired) electrons. The number of carbonyl (C=O) groups excluding carboxylic acids is 1. The van der Waals surface area contributed by atoms with Gasteiger partial charge in [0.25, 0.3) is 5.91 Å². The summed E-state index contributed by atoms with van der Waals surface area (Å²) < 4.78 is 0. The standard InChI is InChI=1S/C14H15N5O6S2/c1-5-3-26-11(18-7(5)12(21)22)9(13(23)24)17-10(20)8(19-25-2)6-4-27-14(15)16-6/h4,9,11H,1,3H2,2H3,(H2,15,16)(H,17,20)(H,21,22)(H,23,24)/b19-8+/t9-,11+/m0/s1. The maximum absolute atomic E-state index is 12.5. The normalized spacial score (nSPS) is 18.4. The van der Waals surface area contributed by atoms with Gasteiger partial charge in [0, 0.05) is 11.1 Å². The fraction of sp³-hybridized carbons (Fsp3) is 0.286. The van der Waals surface area contributed by atoms with Gasteiger partial charge in [0.2, 0.25) is 0 Å². The van der Waals surface area contributed by atoms with Crippen LogP contribution in [0.25, 0.3) is 0 Å². The summed E-state index contributed by atoms with van der Waals surface area (Å²) in [6, 6.07) is -1.51. The highest BCUT2D eigenvalue weighted by Crippen LogP contribution is 2.26. The summed E-state index contributed by atoms with van der Waals surface area (Å²) in [4.78, 5) is 47.8. The highest BCUT2D eigenvalue weighted by molar-refractivity contribution is 8.00. The first-order valence-corrected chi connectivity index (χ1v) is 9.14. The number of nitrogens with one attached hydrogen (secondary N) is 1. The molecule has 1 aromatic heterocycles. The number of carboxylic acid groups (broad SMARTS) is 2. The molecular formula is C14H15N5O6S2. The Bertz CT molecular complexity index is 849. The Kier molecular flexibility index (Phi) is 6.52. The molecule has 144 valence electrons. The molecular weight excluding hydrogens is 398 g/mol. The minimum Gasteiger partial charge on any atom is -0.480 e. The number of amides is 1. The summed E-state index contributed by atoms with van der Waals surface area (Å²) in [5.74, 6) is -3.43. The van der Waals surface area contributed by atoms with Gasteiger partial charge in [-0.2, -0.15) is 0 Å². The van der Waals surface area contributed by atoms with Gasteiger partial charge in [-0.3, -0.25) is 9.79 Å². The molecule has 1 aromatic rings. The second kappa shape index (κ2) is 8.64. The van der Waals surface area contributed by atoms with E-state index in [2.05, 4.69) is 31.9 Å². The van der Waals surface area contributed by atoms with Crippen LogP contribution in [0.15, 0.2) is 27.7 Å². The van der Waals surface area contributed by atoms with Gasteiger partial charge in [0.15, 0.2) is 16.9 Å². The highest BCUT2D eigenvalue weighted by atomic mass is 32.2. The number of rotatable bonds is 7. The SMILES string of the molecule is C=C1CS[C@H]([C@H](NC(=O)/C(=N/OC)c2csc(N)n2)C(=O)O)N=C1C(=O)O. The summed E-state index contributed by atoms with van der Waals surface area (Å²) in [5, 5.41) is 25.1. The second-order valence-electron chi connectivity index (χ2n) is 5.07. The van der Waals surface area contributed by atoms with Crippen molar-refractivity contribution >= 4 is 57.5 Å². The number of carboxylic acids is 2. The molecule has 0 unspecified atom stereocenters. The number of anilines is 1. The fourth-order valence-electron chi connectivity index (χ4n) is 2.04. The second-order valence-corrected chi connectivity index (χ2v) is 7.07. The van der Waals surface area contributed by atoms with Crippen LogP contribution in [0.2, 0.25) is 0 Å². The van der Waals surface area contributed by atoms with Crippen molar-refractivity contribution in [1.29, 1.82) is 0 Å². The first kappa shape index (κ1) is 20.4. The molecule has 1 aliphatic heterocycles. The van der Waals surface area contributed by atoms with Crippen LogP contribution in [-0.2, 0) is 19.2 Å². The molecule has 27 heavy (non-hydrogen) atoms. The first-order valence-electron chi connectivity index (χ1n) is 7.21. The zero-order valence-electron chi connectivity index (χ0n) is 13.9. The zero-order valence-corrected chi connectivity index (χ0v) is 15.5. The lowest BCUT2D eigenvalue weighted by Crippen LogP contribution is -2.50. The van der Waals surface area contributed by atoms with Crippen molar-refractivity contribution in [2.45, 2.75) is 11.4 Å². The van der Waals surface area contributed by atoms with E-state index in [-0.39, 0.29) is 33.6 Å². The number of aliphatic imine (C=N–C) groups is 1. The van der Waals surface area contributed by atoms with Gasteiger partial charge >= 0.3 is 11.9 Å². The lowest BCUT2D eigenvalue weighted by molar-refractivity contribution is -0.141. The maximum Gasteiger partial charge on any atom is 0.354 e. The molecule has 0 aromatic carbocycles. The van der Waals surface area contributed by atoms with E-state index in [1.165, 1.54) is 12.5 Å². The van der Waals surface area contributed by atoms with E-state index in [1.54, 1.807) is 0 Å². The molecule has 2 heterocycles. The van der Waals surface area contributed by atoms with E-state index >= 15 is 0 Å². The van der Waals surface area contributed by atoms with Crippen molar-refractivity contribution in [3.8, 4) is 0 Å². The van der Waals surface area contributed by atoms with Crippen LogP contribution in [0.4, 0.5) is 5.13 Å². The predicted molar refractivity (Wildman–Crippen MR) is 100 cm³/mol. The Morgan fingerprint density at radius 2 is 2.19 bits per heavy atom. The average molecular weight is 413 g/mol. The summed E-state index contributed by atoms with van der Waals surface area (Å²) in [5.41, 5.74) is 5.32. The molecule has 11 nitrogen and oxygen atoms in total. The Morgan fingerprint density at radius 1 is 1.48 bits per heavy atom. The van der Waals surface area contributed by atoms with Gasteiger partial charge in [0.05, 0.1) is 0 Å². The van der Waals surface area contributed by atoms with Crippen LogP contribution in [0.5, 0.6) is 0 Å². The number of aromatic nitrogens is 1. The molecule has 5 N–H and O–H groups in total. The van der Waals surface area contributed by atoms with Gasteiger partial charge in [0.1, 0.15) is 23.9 Å². The van der Waals surface area contributed by atoms with E-state index in [4.69, 9.17) is 10.8 Å². The van der Waals surface area contributed by atoms with Gasteiger partial charge in [-0.05, 0) is 5.57 Å². The molecule has 2 atom stereocenters. The average Bonchev–Trinajstić information content (AvgIpc) is 3.03. The summed E-state index contributed by atoms with van der Waals surface area (Å²) in [7, 11) is 1.21. The molecule has 0 saturated heterocycles. The van der Waals surface area contributed by atoms with Gasteiger partial charge in [-0.25, -0.2) is 14.6 Å². The van der Waals surface area contributed by atoms with Crippen LogP contribution < -0.4 is 11.1 Å².